The summed E-state index contributed by atoms with van der Waals surface area (Å²) in [4.78, 5) is 29.1. The number of hydrogen-bond acceptors (Lipinski definition) is 4. The van der Waals surface area contributed by atoms with Crippen molar-refractivity contribution in [2.75, 3.05) is 0 Å². The lowest BCUT2D eigenvalue weighted by atomic mass is 10.3. The van der Waals surface area contributed by atoms with Gasteiger partial charge >= 0.3 is 0 Å². The zero-order valence-corrected chi connectivity index (χ0v) is 10.1. The van der Waals surface area contributed by atoms with E-state index in [1.165, 1.54) is 6.92 Å². The first-order chi connectivity index (χ1) is 7.41. The van der Waals surface area contributed by atoms with Crippen molar-refractivity contribution in [2.24, 2.45) is 0 Å². The first kappa shape index (κ1) is 13.0. The smallest absolute Gasteiger partial charge is 0.274 e. The Kier molecular flexibility index (Phi) is 4.28. The van der Waals surface area contributed by atoms with Gasteiger partial charge in [0.1, 0.15) is 15.9 Å². The molecule has 0 radical (unpaired) electrons. The first-order valence-electron chi connectivity index (χ1n) is 3.87. The minimum absolute atomic E-state index is 0.165. The van der Waals surface area contributed by atoms with Crippen LogP contribution in [-0.2, 0) is 4.79 Å². The number of halogens is 3. The van der Waals surface area contributed by atoms with Gasteiger partial charge in [0, 0.05) is 6.92 Å². The summed E-state index contributed by atoms with van der Waals surface area (Å²) < 4.78 is 0. The summed E-state index contributed by atoms with van der Waals surface area (Å²) in [6.07, 6.45) is 0. The highest BCUT2D eigenvalue weighted by molar-refractivity contribution is 6.39. The minimum Gasteiger partial charge on any atom is -0.274 e. The average molecular weight is 284 g/mol. The fourth-order valence-corrected chi connectivity index (χ4v) is 1.59. The maximum atomic E-state index is 11.5. The molecule has 6 nitrogen and oxygen atoms in total. The van der Waals surface area contributed by atoms with Crippen molar-refractivity contribution < 1.29 is 9.59 Å². The second kappa shape index (κ2) is 5.29. The number of rotatable bonds is 1. The highest BCUT2D eigenvalue weighted by Gasteiger charge is 2.18. The van der Waals surface area contributed by atoms with Crippen LogP contribution in [-0.4, -0.2) is 21.8 Å². The molecule has 0 aliphatic heterocycles. The summed E-state index contributed by atoms with van der Waals surface area (Å²) in [5.74, 6) is -1.18. The van der Waals surface area contributed by atoms with Gasteiger partial charge in [-0.25, -0.2) is 9.97 Å². The average Bonchev–Trinajstić information content (AvgIpc) is 2.12. The molecule has 2 N–H and O–H groups in total. The Bertz CT molecular complexity index is 428. The molecule has 0 spiro atoms. The second-order valence-corrected chi connectivity index (χ2v) is 3.64. The van der Waals surface area contributed by atoms with E-state index < -0.39 is 11.8 Å². The van der Waals surface area contributed by atoms with Crippen LogP contribution in [0.4, 0.5) is 0 Å². The second-order valence-electron chi connectivity index (χ2n) is 2.58. The van der Waals surface area contributed by atoms with Crippen molar-refractivity contribution in [1.82, 2.24) is 20.8 Å². The van der Waals surface area contributed by atoms with E-state index >= 15 is 0 Å². The first-order valence-corrected chi connectivity index (χ1v) is 5.00. The van der Waals surface area contributed by atoms with Gasteiger partial charge in [0.05, 0.1) is 0 Å². The van der Waals surface area contributed by atoms with Crippen LogP contribution in [0, 0.1) is 0 Å². The number of amides is 2. The fourth-order valence-electron chi connectivity index (χ4n) is 0.779. The number of carbonyl (C=O) groups excluding carboxylic acids is 2. The van der Waals surface area contributed by atoms with E-state index in [9.17, 15) is 9.59 Å². The lowest BCUT2D eigenvalue weighted by Crippen LogP contribution is -2.40. The van der Waals surface area contributed by atoms with Crippen LogP contribution < -0.4 is 10.9 Å². The topological polar surface area (TPSA) is 84.0 Å². The highest BCUT2D eigenvalue weighted by Crippen LogP contribution is 2.22. The predicted octanol–water partition coefficient (Wildman–Crippen LogP) is 1.22. The van der Waals surface area contributed by atoms with Crippen molar-refractivity contribution in [2.45, 2.75) is 6.92 Å². The maximum Gasteiger partial charge on any atom is 0.275 e. The molecule has 0 aromatic carbocycles. The molecule has 0 aliphatic rings. The molecule has 0 bridgehead atoms. The molecule has 1 rings (SSSR count). The monoisotopic (exact) mass is 282 g/mol. The van der Waals surface area contributed by atoms with Gasteiger partial charge in [-0.1, -0.05) is 23.2 Å². The molecule has 0 saturated carbocycles. The zero-order valence-electron chi connectivity index (χ0n) is 7.84. The number of hydrogen-bond donors (Lipinski definition) is 2. The fraction of sp³-hybridized carbons (Fsp3) is 0.143. The van der Waals surface area contributed by atoms with Crippen LogP contribution in [0.15, 0.2) is 0 Å². The number of aromatic nitrogens is 2. The maximum absolute atomic E-state index is 11.5. The van der Waals surface area contributed by atoms with E-state index in [0.717, 1.165) is 0 Å². The third-order valence-corrected chi connectivity index (χ3v) is 2.09. The van der Waals surface area contributed by atoms with E-state index in [1.807, 2.05) is 0 Å². The summed E-state index contributed by atoms with van der Waals surface area (Å²) in [5.41, 5.74) is 3.97. The Labute approximate surface area is 105 Å². The van der Waals surface area contributed by atoms with Crippen molar-refractivity contribution in [3.63, 3.8) is 0 Å². The molecule has 0 unspecified atom stereocenters. The molecule has 0 saturated heterocycles. The molecule has 1 heterocycles. The van der Waals surface area contributed by atoms with Gasteiger partial charge in [-0.3, -0.25) is 20.4 Å². The molecule has 86 valence electrons. The molecule has 2 amide bonds. The predicted molar refractivity (Wildman–Crippen MR) is 58.3 cm³/mol. The third-order valence-electron chi connectivity index (χ3n) is 1.37. The van der Waals surface area contributed by atoms with Crippen molar-refractivity contribution in [3.8, 4) is 0 Å². The molecule has 0 atom stereocenters. The van der Waals surface area contributed by atoms with Crippen molar-refractivity contribution in [1.29, 1.82) is 0 Å². The Hall–Kier alpha value is -1.11. The van der Waals surface area contributed by atoms with E-state index in [0.29, 0.717) is 0 Å². The minimum atomic E-state index is -0.734. The van der Waals surface area contributed by atoms with E-state index in [4.69, 9.17) is 34.8 Å². The van der Waals surface area contributed by atoms with Crippen LogP contribution >= 0.6 is 34.8 Å². The van der Waals surface area contributed by atoms with Gasteiger partial charge in [0.2, 0.25) is 11.2 Å². The summed E-state index contributed by atoms with van der Waals surface area (Å²) in [6.45, 7) is 1.22. The van der Waals surface area contributed by atoms with E-state index in [2.05, 4.69) is 20.8 Å². The van der Waals surface area contributed by atoms with Crippen LogP contribution in [0.1, 0.15) is 17.3 Å². The molecule has 9 heteroatoms. The normalized spacial score (nSPS) is 9.75. The van der Waals surface area contributed by atoms with Gasteiger partial charge in [0.15, 0.2) is 0 Å². The number of nitrogens with one attached hydrogen (secondary N) is 2. The summed E-state index contributed by atoms with van der Waals surface area (Å²) in [5, 5.41) is -0.577. The van der Waals surface area contributed by atoms with Gasteiger partial charge in [-0.2, -0.15) is 0 Å². The van der Waals surface area contributed by atoms with E-state index in [1.54, 1.807) is 0 Å². The van der Waals surface area contributed by atoms with Crippen LogP contribution in [0.3, 0.4) is 0 Å². The highest BCUT2D eigenvalue weighted by atomic mass is 35.5. The Balaban J connectivity index is 2.95. The molecule has 1 aromatic heterocycles. The molecule has 16 heavy (non-hydrogen) atoms. The SMILES string of the molecule is CC(=O)NNC(=O)c1c(Cl)nc(Cl)nc1Cl. The standard InChI is InChI=1S/C7H5Cl3N4O2/c1-2(15)13-14-6(16)3-4(8)11-7(10)12-5(3)9/h1H3,(H,13,15)(H,14,16). The van der Waals surface area contributed by atoms with Gasteiger partial charge in [0.25, 0.3) is 5.91 Å². The summed E-state index contributed by atoms with van der Waals surface area (Å²) in [7, 11) is 0. The summed E-state index contributed by atoms with van der Waals surface area (Å²) in [6, 6.07) is 0. The molecule has 0 fully saturated rings. The molecule has 1 aromatic rings. The van der Waals surface area contributed by atoms with Crippen molar-refractivity contribution in [3.05, 3.63) is 21.2 Å². The Morgan fingerprint density at radius 1 is 1.06 bits per heavy atom. The van der Waals surface area contributed by atoms with Crippen LogP contribution in [0.2, 0.25) is 15.6 Å². The lowest BCUT2D eigenvalue weighted by Gasteiger charge is -2.07. The lowest BCUT2D eigenvalue weighted by molar-refractivity contribution is -0.119. The zero-order chi connectivity index (χ0) is 12.3. The van der Waals surface area contributed by atoms with E-state index in [-0.39, 0.29) is 21.2 Å². The van der Waals surface area contributed by atoms with Crippen LogP contribution in [0.5, 0.6) is 0 Å². The largest absolute Gasteiger partial charge is 0.275 e. The Morgan fingerprint density at radius 2 is 1.56 bits per heavy atom. The third kappa shape index (κ3) is 3.19. The molecule has 0 aliphatic carbocycles. The molecular weight excluding hydrogens is 278 g/mol. The van der Waals surface area contributed by atoms with Crippen LogP contribution in [0.25, 0.3) is 0 Å². The van der Waals surface area contributed by atoms with Gasteiger partial charge in [-0.05, 0) is 11.6 Å². The molecular formula is C7H5Cl3N4O2. The number of nitrogens with zero attached hydrogens (tertiary/aromatic N) is 2. The van der Waals surface area contributed by atoms with Crippen molar-refractivity contribution >= 4 is 46.6 Å². The van der Waals surface area contributed by atoms with Gasteiger partial charge in [-0.15, -0.1) is 0 Å². The number of carbonyl (C=O) groups is 2. The van der Waals surface area contributed by atoms with Gasteiger partial charge < -0.3 is 0 Å². The summed E-state index contributed by atoms with van der Waals surface area (Å²) >= 11 is 16.8. The quantitative estimate of drug-likeness (QED) is 0.461. The number of hydrazine groups is 1. The Morgan fingerprint density at radius 3 is 2.00 bits per heavy atom.